The Labute approximate surface area is 134 Å². The number of likely N-dealkylation sites (tertiary alicyclic amines) is 1. The molecule has 1 fully saturated rings. The number of esters is 1. The molecule has 1 aliphatic heterocycles. The van der Waals surface area contributed by atoms with Gasteiger partial charge in [-0.2, -0.15) is 0 Å². The Morgan fingerprint density at radius 2 is 2.19 bits per heavy atom. The summed E-state index contributed by atoms with van der Waals surface area (Å²) in [6.07, 6.45) is 1.48. The maximum atomic E-state index is 12.2. The second kappa shape index (κ2) is 6.67. The first-order valence-electron chi connectivity index (χ1n) is 6.83. The summed E-state index contributed by atoms with van der Waals surface area (Å²) in [4.78, 5) is 25.7. The molecule has 2 atom stereocenters. The van der Waals surface area contributed by atoms with E-state index in [1.54, 1.807) is 23.1 Å². The number of hydrogen-bond donors (Lipinski definition) is 0. The SMILES string of the molecule is CCC(c1ccc(Cl)cc1Cl)N1C(=O)CCC1C(=O)OC. The van der Waals surface area contributed by atoms with Gasteiger partial charge in [0.1, 0.15) is 6.04 Å². The standard InChI is InChI=1S/C15H17Cl2NO3/c1-3-12(10-5-4-9(16)8-11(10)17)18-13(15(20)21-2)6-7-14(18)19/h4-5,8,12-13H,3,6-7H2,1-2H3. The van der Waals surface area contributed by atoms with Gasteiger partial charge >= 0.3 is 5.97 Å². The predicted octanol–water partition coefficient (Wildman–Crippen LogP) is 3.61. The zero-order chi connectivity index (χ0) is 15.6. The Kier molecular flexibility index (Phi) is 5.12. The van der Waals surface area contributed by atoms with E-state index in [9.17, 15) is 9.59 Å². The molecule has 1 amide bonds. The van der Waals surface area contributed by atoms with E-state index in [4.69, 9.17) is 27.9 Å². The van der Waals surface area contributed by atoms with Crippen molar-refractivity contribution < 1.29 is 14.3 Å². The average molecular weight is 330 g/mol. The van der Waals surface area contributed by atoms with E-state index >= 15 is 0 Å². The van der Waals surface area contributed by atoms with Crippen molar-refractivity contribution in [1.82, 2.24) is 4.90 Å². The molecule has 2 unspecified atom stereocenters. The summed E-state index contributed by atoms with van der Waals surface area (Å²) in [5, 5.41) is 1.04. The van der Waals surface area contributed by atoms with Crippen LogP contribution in [0.4, 0.5) is 0 Å². The molecule has 1 aromatic rings. The number of amides is 1. The van der Waals surface area contributed by atoms with Gasteiger partial charge in [-0.3, -0.25) is 4.79 Å². The van der Waals surface area contributed by atoms with Crippen molar-refractivity contribution in [3.05, 3.63) is 33.8 Å². The molecule has 1 aromatic carbocycles. The highest BCUT2D eigenvalue weighted by Crippen LogP contribution is 2.37. The molecule has 0 N–H and O–H groups in total. The van der Waals surface area contributed by atoms with Gasteiger partial charge in [0.2, 0.25) is 5.91 Å². The zero-order valence-corrected chi connectivity index (χ0v) is 13.4. The van der Waals surface area contributed by atoms with Crippen LogP contribution in [0.3, 0.4) is 0 Å². The number of ether oxygens (including phenoxy) is 1. The van der Waals surface area contributed by atoms with Gasteiger partial charge < -0.3 is 9.64 Å². The van der Waals surface area contributed by atoms with Gasteiger partial charge in [0.15, 0.2) is 0 Å². The highest BCUT2D eigenvalue weighted by atomic mass is 35.5. The number of hydrogen-bond acceptors (Lipinski definition) is 3. The van der Waals surface area contributed by atoms with Crippen molar-refractivity contribution in [2.75, 3.05) is 7.11 Å². The lowest BCUT2D eigenvalue weighted by Gasteiger charge is -2.32. The van der Waals surface area contributed by atoms with Crippen molar-refractivity contribution in [2.24, 2.45) is 0 Å². The molecule has 1 saturated heterocycles. The lowest BCUT2D eigenvalue weighted by atomic mass is 10.0. The van der Waals surface area contributed by atoms with Crippen LogP contribution in [0.1, 0.15) is 37.8 Å². The number of rotatable bonds is 4. The molecule has 114 valence electrons. The number of halogens is 2. The predicted molar refractivity (Wildman–Crippen MR) is 81.4 cm³/mol. The van der Waals surface area contributed by atoms with Crippen molar-refractivity contribution in [3.8, 4) is 0 Å². The second-order valence-corrected chi connectivity index (χ2v) is 5.81. The summed E-state index contributed by atoms with van der Waals surface area (Å²) in [6, 6.07) is 4.39. The minimum Gasteiger partial charge on any atom is -0.467 e. The van der Waals surface area contributed by atoms with Crippen LogP contribution in [0.2, 0.25) is 10.0 Å². The van der Waals surface area contributed by atoms with Crippen LogP contribution in [-0.2, 0) is 14.3 Å². The second-order valence-electron chi connectivity index (χ2n) is 4.97. The smallest absolute Gasteiger partial charge is 0.328 e. The third kappa shape index (κ3) is 3.16. The van der Waals surface area contributed by atoms with Crippen LogP contribution < -0.4 is 0 Å². The topological polar surface area (TPSA) is 46.6 Å². The number of carbonyl (C=O) groups excluding carboxylic acids is 2. The van der Waals surface area contributed by atoms with Crippen molar-refractivity contribution in [1.29, 1.82) is 0 Å². The monoisotopic (exact) mass is 329 g/mol. The molecule has 0 aliphatic carbocycles. The molecule has 1 heterocycles. The van der Waals surface area contributed by atoms with Crippen LogP contribution >= 0.6 is 23.2 Å². The van der Waals surface area contributed by atoms with Crippen molar-refractivity contribution >= 4 is 35.1 Å². The molecule has 4 nitrogen and oxygen atoms in total. The number of methoxy groups -OCH3 is 1. The van der Waals surface area contributed by atoms with Crippen LogP contribution in [-0.4, -0.2) is 29.9 Å². The summed E-state index contributed by atoms with van der Waals surface area (Å²) in [6.45, 7) is 1.95. The van der Waals surface area contributed by atoms with E-state index in [1.807, 2.05) is 6.92 Å². The molecular weight excluding hydrogens is 313 g/mol. The molecule has 0 bridgehead atoms. The van der Waals surface area contributed by atoms with E-state index in [0.29, 0.717) is 29.3 Å². The Balaban J connectivity index is 2.38. The largest absolute Gasteiger partial charge is 0.467 e. The van der Waals surface area contributed by atoms with Crippen LogP contribution in [0.15, 0.2) is 18.2 Å². The maximum Gasteiger partial charge on any atom is 0.328 e. The minimum absolute atomic E-state index is 0.0525. The van der Waals surface area contributed by atoms with Gasteiger partial charge in [0, 0.05) is 16.5 Å². The van der Waals surface area contributed by atoms with Gasteiger partial charge in [0.05, 0.1) is 13.2 Å². The van der Waals surface area contributed by atoms with Crippen LogP contribution in [0.25, 0.3) is 0 Å². The van der Waals surface area contributed by atoms with Gasteiger partial charge in [-0.1, -0.05) is 36.2 Å². The van der Waals surface area contributed by atoms with Gasteiger partial charge in [-0.25, -0.2) is 4.79 Å². The Morgan fingerprint density at radius 3 is 2.76 bits per heavy atom. The first-order chi connectivity index (χ1) is 9.99. The lowest BCUT2D eigenvalue weighted by molar-refractivity contribution is -0.151. The van der Waals surface area contributed by atoms with Gasteiger partial charge in [-0.15, -0.1) is 0 Å². The van der Waals surface area contributed by atoms with Crippen LogP contribution in [0.5, 0.6) is 0 Å². The van der Waals surface area contributed by atoms with Crippen molar-refractivity contribution in [3.63, 3.8) is 0 Å². The zero-order valence-electron chi connectivity index (χ0n) is 11.9. The fourth-order valence-corrected chi connectivity index (χ4v) is 3.33. The first-order valence-corrected chi connectivity index (χ1v) is 7.59. The summed E-state index contributed by atoms with van der Waals surface area (Å²) >= 11 is 12.2. The van der Waals surface area contributed by atoms with E-state index in [2.05, 4.69) is 0 Å². The molecule has 21 heavy (non-hydrogen) atoms. The molecule has 2 rings (SSSR count). The van der Waals surface area contributed by atoms with E-state index in [0.717, 1.165) is 5.56 Å². The quantitative estimate of drug-likeness (QED) is 0.793. The number of carbonyl (C=O) groups is 2. The minimum atomic E-state index is -0.542. The fourth-order valence-electron chi connectivity index (χ4n) is 2.80. The van der Waals surface area contributed by atoms with E-state index in [-0.39, 0.29) is 17.9 Å². The Morgan fingerprint density at radius 1 is 1.48 bits per heavy atom. The normalized spacial score (nSPS) is 19.7. The van der Waals surface area contributed by atoms with E-state index in [1.165, 1.54) is 7.11 Å². The van der Waals surface area contributed by atoms with E-state index < -0.39 is 6.04 Å². The number of nitrogens with zero attached hydrogens (tertiary/aromatic N) is 1. The van der Waals surface area contributed by atoms with Crippen molar-refractivity contribution in [2.45, 2.75) is 38.3 Å². The number of benzene rings is 1. The summed E-state index contributed by atoms with van der Waals surface area (Å²) in [5.41, 5.74) is 0.799. The van der Waals surface area contributed by atoms with Gasteiger partial charge in [0.25, 0.3) is 0 Å². The summed E-state index contributed by atoms with van der Waals surface area (Å²) < 4.78 is 4.81. The van der Waals surface area contributed by atoms with Crippen LogP contribution in [0, 0.1) is 0 Å². The van der Waals surface area contributed by atoms with Gasteiger partial charge in [-0.05, 0) is 30.5 Å². The average Bonchev–Trinajstić information content (AvgIpc) is 2.83. The summed E-state index contributed by atoms with van der Waals surface area (Å²) in [5.74, 6) is -0.437. The third-order valence-electron chi connectivity index (χ3n) is 3.77. The first kappa shape index (κ1) is 16.1. The highest BCUT2D eigenvalue weighted by molar-refractivity contribution is 6.35. The molecule has 0 saturated carbocycles. The molecule has 0 aromatic heterocycles. The molecule has 0 radical (unpaired) electrons. The molecular formula is C15H17Cl2NO3. The Hall–Kier alpha value is -1.26. The molecule has 0 spiro atoms. The highest BCUT2D eigenvalue weighted by Gasteiger charge is 2.41. The lowest BCUT2D eigenvalue weighted by Crippen LogP contribution is -2.41. The fraction of sp³-hybridized carbons (Fsp3) is 0.467. The maximum absolute atomic E-state index is 12.2. The Bertz CT molecular complexity index is 562. The molecule has 6 heteroatoms. The third-order valence-corrected chi connectivity index (χ3v) is 4.34. The molecule has 1 aliphatic rings. The summed E-state index contributed by atoms with van der Waals surface area (Å²) in [7, 11) is 1.33.